The number of carbonyl (C=O) groups excluding carboxylic acids is 1. The van der Waals surface area contributed by atoms with Crippen LogP contribution in [0.4, 0.5) is 15.8 Å². The molecule has 1 unspecified atom stereocenters. The number of nitrogens with one attached hydrogen (secondary N) is 1. The van der Waals surface area contributed by atoms with E-state index < -0.39 is 17.7 Å². The second-order valence-electron chi connectivity index (χ2n) is 12.0. The van der Waals surface area contributed by atoms with Gasteiger partial charge in [-0.05, 0) is 77.0 Å². The van der Waals surface area contributed by atoms with Gasteiger partial charge < -0.3 is 19.7 Å². The van der Waals surface area contributed by atoms with Gasteiger partial charge in [-0.2, -0.15) is 0 Å². The molecule has 0 bridgehead atoms. The Morgan fingerprint density at radius 1 is 1.18 bits per heavy atom. The van der Waals surface area contributed by atoms with Crippen molar-refractivity contribution in [2.45, 2.75) is 99.8 Å². The van der Waals surface area contributed by atoms with E-state index in [-0.39, 0.29) is 17.3 Å². The number of hydrogen-bond acceptors (Lipinski definition) is 6. The first-order valence-corrected chi connectivity index (χ1v) is 13.8. The van der Waals surface area contributed by atoms with Gasteiger partial charge in [0.05, 0.1) is 30.6 Å². The van der Waals surface area contributed by atoms with E-state index in [0.717, 1.165) is 70.8 Å². The van der Waals surface area contributed by atoms with Crippen molar-refractivity contribution in [2.75, 3.05) is 30.4 Å². The van der Waals surface area contributed by atoms with Gasteiger partial charge in [0.1, 0.15) is 5.82 Å². The Morgan fingerprint density at radius 2 is 1.79 bits per heavy atom. The summed E-state index contributed by atoms with van der Waals surface area (Å²) in [7, 11) is 1.40. The Bertz CT molecular complexity index is 1180. The van der Waals surface area contributed by atoms with Crippen molar-refractivity contribution in [3.63, 3.8) is 0 Å². The lowest BCUT2D eigenvalue weighted by Gasteiger charge is -2.42. The highest BCUT2D eigenvalue weighted by atomic mass is 19.1. The molecule has 0 saturated carbocycles. The lowest BCUT2D eigenvalue weighted by atomic mass is 9.80. The Kier molecular flexibility index (Phi) is 8.81. The van der Waals surface area contributed by atoms with E-state index in [4.69, 9.17) is 9.47 Å². The molecule has 3 heterocycles. The highest BCUT2D eigenvalue weighted by Crippen LogP contribution is 2.51. The highest BCUT2D eigenvalue weighted by Gasteiger charge is 2.39. The summed E-state index contributed by atoms with van der Waals surface area (Å²) in [6.45, 7) is 22.3. The van der Waals surface area contributed by atoms with Crippen molar-refractivity contribution in [1.29, 1.82) is 0 Å². The fourth-order valence-corrected chi connectivity index (χ4v) is 5.52. The second kappa shape index (κ2) is 11.2. The molecule has 2 aliphatic rings. The Balaban J connectivity index is 0.00000195. The molecule has 0 spiro atoms. The zero-order valence-corrected chi connectivity index (χ0v) is 25.1. The van der Waals surface area contributed by atoms with Gasteiger partial charge >= 0.3 is 5.97 Å². The van der Waals surface area contributed by atoms with E-state index in [0.29, 0.717) is 0 Å². The van der Waals surface area contributed by atoms with Crippen molar-refractivity contribution in [3.8, 4) is 11.3 Å². The predicted molar refractivity (Wildman–Crippen MR) is 153 cm³/mol. The first-order chi connectivity index (χ1) is 17.7. The van der Waals surface area contributed by atoms with Gasteiger partial charge in [-0.25, -0.2) is 9.18 Å². The van der Waals surface area contributed by atoms with E-state index in [9.17, 15) is 9.18 Å². The van der Waals surface area contributed by atoms with Crippen molar-refractivity contribution in [1.82, 2.24) is 4.98 Å². The molecule has 7 heteroatoms. The van der Waals surface area contributed by atoms with Gasteiger partial charge in [0.15, 0.2) is 6.10 Å². The van der Waals surface area contributed by atoms with Crippen LogP contribution in [0.15, 0.2) is 12.3 Å². The Morgan fingerprint density at radius 3 is 2.34 bits per heavy atom. The third-order valence-corrected chi connectivity index (χ3v) is 7.54. The number of esters is 1. The highest BCUT2D eigenvalue weighted by molar-refractivity contribution is 5.94. The SMILES string of the molecule is CC.COC(=O)C(OC(C)(C)C)c1c(C)c2c(c(C)c1N1CCC(C)(C)CC1)-c1ncc(F)cc1[C@H](C)N2. The average Bonchev–Trinajstić information content (AvgIpc) is 2.85. The summed E-state index contributed by atoms with van der Waals surface area (Å²) in [5.41, 5.74) is 6.96. The Labute approximate surface area is 228 Å². The molecular formula is C31H46FN3O3. The van der Waals surface area contributed by atoms with Crippen LogP contribution in [0.2, 0.25) is 0 Å². The topological polar surface area (TPSA) is 63.7 Å². The number of anilines is 2. The number of carbonyl (C=O) groups is 1. The molecule has 0 radical (unpaired) electrons. The molecule has 1 aromatic carbocycles. The number of fused-ring (bicyclic) bond motifs is 3. The fraction of sp³-hybridized carbons (Fsp3) is 0.613. The molecular weight excluding hydrogens is 481 g/mol. The summed E-state index contributed by atoms with van der Waals surface area (Å²) in [5.74, 6) is -0.768. The Hall–Kier alpha value is -2.67. The van der Waals surface area contributed by atoms with E-state index in [1.165, 1.54) is 13.3 Å². The number of piperidine rings is 1. The van der Waals surface area contributed by atoms with Gasteiger partial charge in [0, 0.05) is 41.2 Å². The maximum atomic E-state index is 14.2. The average molecular weight is 528 g/mol. The van der Waals surface area contributed by atoms with Crippen LogP contribution in [0.3, 0.4) is 0 Å². The number of aromatic nitrogens is 1. The van der Waals surface area contributed by atoms with E-state index >= 15 is 0 Å². The minimum absolute atomic E-state index is 0.136. The maximum absolute atomic E-state index is 14.2. The van der Waals surface area contributed by atoms with Crippen LogP contribution in [-0.4, -0.2) is 36.8 Å². The molecule has 38 heavy (non-hydrogen) atoms. The van der Waals surface area contributed by atoms with E-state index in [1.807, 2.05) is 48.5 Å². The molecule has 2 aromatic rings. The molecule has 1 aromatic heterocycles. The monoisotopic (exact) mass is 527 g/mol. The van der Waals surface area contributed by atoms with Crippen molar-refractivity contribution in [2.24, 2.45) is 5.41 Å². The van der Waals surface area contributed by atoms with Gasteiger partial charge in [0.2, 0.25) is 0 Å². The minimum Gasteiger partial charge on any atom is -0.467 e. The number of nitrogens with zero attached hydrogens (tertiary/aromatic N) is 2. The maximum Gasteiger partial charge on any atom is 0.339 e. The van der Waals surface area contributed by atoms with Gasteiger partial charge in [0.25, 0.3) is 0 Å². The normalized spacial score (nSPS) is 18.8. The number of methoxy groups -OCH3 is 1. The summed E-state index contributed by atoms with van der Waals surface area (Å²) in [4.78, 5) is 20.2. The van der Waals surface area contributed by atoms with Gasteiger partial charge in [-0.3, -0.25) is 4.98 Å². The predicted octanol–water partition coefficient (Wildman–Crippen LogP) is 7.67. The van der Waals surface area contributed by atoms with Crippen LogP contribution in [-0.2, 0) is 14.3 Å². The van der Waals surface area contributed by atoms with Crippen LogP contribution in [0.1, 0.15) is 103 Å². The molecule has 2 atom stereocenters. The number of pyridine rings is 1. The molecule has 2 aliphatic heterocycles. The number of benzene rings is 1. The van der Waals surface area contributed by atoms with Crippen LogP contribution >= 0.6 is 0 Å². The molecule has 4 rings (SSSR count). The minimum atomic E-state index is -0.886. The molecule has 1 N–H and O–H groups in total. The second-order valence-corrected chi connectivity index (χ2v) is 12.0. The molecule has 0 amide bonds. The number of rotatable bonds is 4. The first kappa shape index (κ1) is 29.9. The van der Waals surface area contributed by atoms with Crippen molar-refractivity contribution in [3.05, 3.63) is 40.3 Å². The number of hydrogen-bond donors (Lipinski definition) is 1. The van der Waals surface area contributed by atoms with Crippen LogP contribution in [0.25, 0.3) is 11.3 Å². The third-order valence-electron chi connectivity index (χ3n) is 7.54. The van der Waals surface area contributed by atoms with Crippen molar-refractivity contribution >= 4 is 17.3 Å². The quantitative estimate of drug-likeness (QED) is 0.412. The van der Waals surface area contributed by atoms with Crippen LogP contribution in [0, 0.1) is 25.1 Å². The summed E-state index contributed by atoms with van der Waals surface area (Å²) >= 11 is 0. The number of halogens is 1. The van der Waals surface area contributed by atoms with Gasteiger partial charge in [-0.1, -0.05) is 27.7 Å². The van der Waals surface area contributed by atoms with Crippen LogP contribution in [0.5, 0.6) is 0 Å². The third kappa shape index (κ3) is 5.83. The molecule has 1 fully saturated rings. The summed E-state index contributed by atoms with van der Waals surface area (Å²) in [6, 6.07) is 1.43. The summed E-state index contributed by atoms with van der Waals surface area (Å²) in [5, 5.41) is 3.58. The first-order valence-electron chi connectivity index (χ1n) is 13.8. The largest absolute Gasteiger partial charge is 0.467 e. The smallest absolute Gasteiger partial charge is 0.339 e. The molecule has 1 saturated heterocycles. The van der Waals surface area contributed by atoms with E-state index in [1.54, 1.807) is 6.07 Å². The lowest BCUT2D eigenvalue weighted by molar-refractivity contribution is -0.164. The van der Waals surface area contributed by atoms with Crippen LogP contribution < -0.4 is 10.2 Å². The van der Waals surface area contributed by atoms with E-state index in [2.05, 4.69) is 36.0 Å². The van der Waals surface area contributed by atoms with Gasteiger partial charge in [-0.15, -0.1) is 0 Å². The fourth-order valence-electron chi connectivity index (χ4n) is 5.52. The summed E-state index contributed by atoms with van der Waals surface area (Å²) < 4.78 is 25.8. The molecule has 210 valence electrons. The molecule has 6 nitrogen and oxygen atoms in total. The van der Waals surface area contributed by atoms with Crippen molar-refractivity contribution < 1.29 is 18.7 Å². The zero-order chi connectivity index (χ0) is 28.6. The standard InChI is InChI=1S/C29H40FN3O3.C2H6/c1-16-22(26(27(34)35-9)36-28(4,5)6)25(33-12-10-29(7,8)11-13-33)17(2)21-23(16)32-18(3)20-14-19(30)15-31-24(20)21;1-2/h14-15,18,26,32H,10-13H2,1-9H3;1-2H3/t18-,26?;/m0./s1. The zero-order valence-electron chi connectivity index (χ0n) is 25.1. The number of ether oxygens (including phenoxy) is 2. The summed E-state index contributed by atoms with van der Waals surface area (Å²) in [6.07, 6.45) is 2.48. The lowest BCUT2D eigenvalue weighted by Crippen LogP contribution is -2.39. The molecule has 0 aliphatic carbocycles.